The molecule has 0 saturated heterocycles. The monoisotopic (exact) mass is 235 g/mol. The summed E-state index contributed by atoms with van der Waals surface area (Å²) in [5.41, 5.74) is 0. The van der Waals surface area contributed by atoms with Crippen molar-refractivity contribution in [3.8, 4) is 0 Å². The largest absolute Gasteiger partial charge is 0.570 e. The molecule has 0 atom stereocenters. The first-order valence-corrected chi connectivity index (χ1v) is 6.37. The maximum Gasteiger partial charge on any atom is 0.570 e. The van der Waals surface area contributed by atoms with E-state index in [0.29, 0.717) is 0 Å². The van der Waals surface area contributed by atoms with E-state index in [9.17, 15) is 0 Å². The molecule has 3 heteroatoms. The molecule has 3 rings (SSSR count). The van der Waals surface area contributed by atoms with Gasteiger partial charge in [0.1, 0.15) is 24.8 Å². The Morgan fingerprint density at radius 1 is 0.667 bits per heavy atom. The fourth-order valence-corrected chi connectivity index (χ4v) is 2.69. The van der Waals surface area contributed by atoms with E-state index in [4.69, 9.17) is 0 Å². The number of nitrogens with zero attached hydrogens (tertiary/aromatic N) is 2. The Morgan fingerprint density at radius 2 is 1.22 bits per heavy atom. The lowest BCUT2D eigenvalue weighted by Crippen LogP contribution is -2.80. The zero-order chi connectivity index (χ0) is 12.3. The average Bonchev–Trinajstić information content (AvgIpc) is 2.50. The molecule has 0 fully saturated rings. The van der Waals surface area contributed by atoms with Crippen molar-refractivity contribution in [3.05, 3.63) is 85.4 Å². The molecule has 0 saturated carbocycles. The van der Waals surface area contributed by atoms with Crippen molar-refractivity contribution in [2.75, 3.05) is 0 Å². The lowest BCUT2D eigenvalue weighted by molar-refractivity contribution is -0.685. The van der Waals surface area contributed by atoms with Crippen LogP contribution >= 0.6 is 0 Å². The van der Waals surface area contributed by atoms with Crippen LogP contribution in [-0.4, -0.2) is 6.42 Å². The van der Waals surface area contributed by atoms with Crippen molar-refractivity contribution in [1.82, 2.24) is 0 Å². The molecule has 18 heavy (non-hydrogen) atoms. The van der Waals surface area contributed by atoms with Crippen LogP contribution in [0.2, 0.25) is 6.32 Å². The maximum absolute atomic E-state index is 2.31. The highest BCUT2D eigenvalue weighted by atomic mass is 15.1. The molecule has 0 unspecified atom stereocenters. The van der Waals surface area contributed by atoms with Gasteiger partial charge in [-0.1, -0.05) is 30.3 Å². The van der Waals surface area contributed by atoms with E-state index in [1.54, 1.807) is 0 Å². The Kier molecular flexibility index (Phi) is 2.81. The predicted molar refractivity (Wildman–Crippen MR) is 72.9 cm³/mol. The number of hydrogen-bond acceptors (Lipinski definition) is 0. The highest BCUT2D eigenvalue weighted by Gasteiger charge is 2.46. The van der Waals surface area contributed by atoms with Gasteiger partial charge in [0, 0.05) is 0 Å². The third kappa shape index (κ3) is 1.78. The Balaban J connectivity index is 2.17. The summed E-state index contributed by atoms with van der Waals surface area (Å²) in [4.78, 5) is 0. The van der Waals surface area contributed by atoms with E-state index in [1.807, 2.05) is 0 Å². The number of pyridine rings is 2. The zero-order valence-electron chi connectivity index (χ0n) is 10.3. The molecule has 0 bridgehead atoms. The molecular formula is C15H16BN2+. The van der Waals surface area contributed by atoms with Crippen molar-refractivity contribution in [2.24, 2.45) is 0 Å². The van der Waals surface area contributed by atoms with Crippen LogP contribution in [0.1, 0.15) is 0 Å². The molecule has 0 spiro atoms. The zero-order valence-corrected chi connectivity index (χ0v) is 10.3. The summed E-state index contributed by atoms with van der Waals surface area (Å²) in [6, 6.07) is 12.4. The van der Waals surface area contributed by atoms with Crippen LogP contribution in [0.3, 0.4) is 0 Å². The molecule has 0 radical (unpaired) electrons. The van der Waals surface area contributed by atoms with Crippen molar-refractivity contribution >= 4 is 6.42 Å². The molecule has 2 aromatic rings. The summed E-state index contributed by atoms with van der Waals surface area (Å²) in [5.74, 6) is 2.31. The van der Waals surface area contributed by atoms with E-state index in [-0.39, 0.29) is 0 Å². The molecule has 0 aliphatic carbocycles. The fourth-order valence-electron chi connectivity index (χ4n) is 2.69. The number of allylic oxidation sites excluding steroid dienone is 3. The number of aromatic nitrogens is 2. The standard InChI is InChI=1S/C15H16BN2/c1-4-10-16(11-5-1,17-12-6-2-7-13-17)18-14-8-3-9-15-18/h1-10,12-15H,11H2/q+1. The Morgan fingerprint density at radius 3 is 1.67 bits per heavy atom. The lowest BCUT2D eigenvalue weighted by Gasteiger charge is -2.25. The first-order valence-electron chi connectivity index (χ1n) is 6.37. The van der Waals surface area contributed by atoms with Gasteiger partial charge in [-0.3, -0.25) is 0 Å². The van der Waals surface area contributed by atoms with E-state index in [2.05, 4.69) is 94.3 Å². The molecular weight excluding hydrogens is 219 g/mol. The number of rotatable bonds is 2. The second-order valence-electron chi connectivity index (χ2n) is 4.71. The average molecular weight is 235 g/mol. The van der Waals surface area contributed by atoms with Crippen molar-refractivity contribution in [2.45, 2.75) is 6.32 Å². The molecule has 0 amide bonds. The quantitative estimate of drug-likeness (QED) is 0.701. The van der Waals surface area contributed by atoms with Crippen LogP contribution in [0.15, 0.2) is 85.4 Å². The summed E-state index contributed by atoms with van der Waals surface area (Å²) in [7, 11) is 0. The summed E-state index contributed by atoms with van der Waals surface area (Å²) in [6.45, 7) is 0. The minimum Gasteiger partial charge on any atom is -0.357 e. The summed E-state index contributed by atoms with van der Waals surface area (Å²) >= 11 is 0. The number of hydrogen-bond donors (Lipinski definition) is 0. The molecule has 0 aromatic carbocycles. The van der Waals surface area contributed by atoms with Crippen LogP contribution in [-0.2, 0) is 0 Å². The minimum atomic E-state index is -0.934. The van der Waals surface area contributed by atoms with Crippen molar-refractivity contribution in [3.63, 3.8) is 0 Å². The maximum atomic E-state index is 2.31. The third-order valence-electron chi connectivity index (χ3n) is 3.66. The molecule has 3 heterocycles. The normalized spacial score (nSPS) is 16.7. The van der Waals surface area contributed by atoms with Crippen LogP contribution in [0.5, 0.6) is 0 Å². The van der Waals surface area contributed by atoms with E-state index >= 15 is 0 Å². The summed E-state index contributed by atoms with van der Waals surface area (Å²) in [5, 5.41) is 0. The Labute approximate surface area is 107 Å². The van der Waals surface area contributed by atoms with Gasteiger partial charge >= 0.3 is 6.42 Å². The van der Waals surface area contributed by atoms with Gasteiger partial charge < -0.3 is 8.96 Å². The van der Waals surface area contributed by atoms with Gasteiger partial charge in [0.15, 0.2) is 0 Å². The second kappa shape index (κ2) is 4.61. The van der Waals surface area contributed by atoms with Crippen molar-refractivity contribution < 1.29 is 8.96 Å². The fraction of sp³-hybridized carbons (Fsp3) is 0.0667. The molecule has 0 N–H and O–H groups in total. The summed E-state index contributed by atoms with van der Waals surface area (Å²) in [6.07, 6.45) is 15.1. The van der Waals surface area contributed by atoms with Gasteiger partial charge in [-0.2, -0.15) is 0 Å². The van der Waals surface area contributed by atoms with Gasteiger partial charge in [-0.05, 0) is 30.6 Å². The van der Waals surface area contributed by atoms with Crippen LogP contribution in [0.25, 0.3) is 0 Å². The molecule has 1 aliphatic heterocycles. The first kappa shape index (κ1) is 11.0. The Bertz CT molecular complexity index is 536. The topological polar surface area (TPSA) is 7.76 Å². The van der Waals surface area contributed by atoms with Gasteiger partial charge in [0.2, 0.25) is 0 Å². The molecule has 2 nitrogen and oxygen atoms in total. The van der Waals surface area contributed by atoms with Gasteiger partial charge in [-0.15, -0.1) is 6.08 Å². The second-order valence-corrected chi connectivity index (χ2v) is 4.71. The highest BCUT2D eigenvalue weighted by Crippen LogP contribution is 2.10. The van der Waals surface area contributed by atoms with Crippen molar-refractivity contribution in [1.29, 1.82) is 0 Å². The van der Waals surface area contributed by atoms with E-state index < -0.39 is 6.42 Å². The van der Waals surface area contributed by atoms with Crippen LogP contribution < -0.4 is 8.96 Å². The van der Waals surface area contributed by atoms with E-state index in [1.165, 1.54) is 0 Å². The SMILES string of the molecule is C1=CC[B-]([n+]2ccccc2)([n+]2ccccc2)C=C1. The van der Waals surface area contributed by atoms with Gasteiger partial charge in [0.25, 0.3) is 0 Å². The van der Waals surface area contributed by atoms with E-state index in [0.717, 1.165) is 6.32 Å². The first-order chi connectivity index (χ1) is 8.92. The van der Waals surface area contributed by atoms with Crippen LogP contribution in [0.4, 0.5) is 0 Å². The highest BCUT2D eigenvalue weighted by molar-refractivity contribution is 6.69. The smallest absolute Gasteiger partial charge is 0.357 e. The minimum absolute atomic E-state index is 0.934. The van der Waals surface area contributed by atoms with Crippen LogP contribution in [0, 0.1) is 0 Å². The molecule has 88 valence electrons. The van der Waals surface area contributed by atoms with Gasteiger partial charge in [-0.25, -0.2) is 0 Å². The molecule has 1 aliphatic rings. The predicted octanol–water partition coefficient (Wildman–Crippen LogP) is 1.77. The van der Waals surface area contributed by atoms with Gasteiger partial charge in [0.05, 0.1) is 0 Å². The Hall–Kier alpha value is -2.16. The summed E-state index contributed by atoms with van der Waals surface area (Å²) < 4.78 is 4.61. The lowest BCUT2D eigenvalue weighted by atomic mass is 9.42. The molecule has 2 aromatic heterocycles. The third-order valence-corrected chi connectivity index (χ3v) is 3.66.